The molecule has 1 rings (SSSR count). The Morgan fingerprint density at radius 3 is 2.21 bits per heavy atom. The molecule has 0 aromatic carbocycles. The van der Waals surface area contributed by atoms with Crippen LogP contribution in [0, 0.1) is 0 Å². The molecule has 1 N–H and O–H groups in total. The van der Waals surface area contributed by atoms with Gasteiger partial charge in [-0.3, -0.25) is 4.79 Å². The van der Waals surface area contributed by atoms with E-state index >= 15 is 0 Å². The second kappa shape index (κ2) is 3.51. The topological polar surface area (TPSA) is 72.5 Å². The molecule has 1 saturated heterocycles. The smallest absolute Gasteiger partial charge is 0.241 e. The van der Waals surface area contributed by atoms with Crippen LogP contribution in [0.15, 0.2) is 0 Å². The number of nitrogens with one attached hydrogen (secondary N) is 1. The fourth-order valence-corrected chi connectivity index (χ4v) is 1.24. The molecule has 0 atom stereocenters. The molecule has 0 aromatic heterocycles. The maximum Gasteiger partial charge on any atom is 0.241 e. The van der Waals surface area contributed by atoms with E-state index in [1.165, 1.54) is 13.8 Å². The Bertz CT molecular complexity index is 329. The van der Waals surface area contributed by atoms with Gasteiger partial charge in [0.1, 0.15) is 4.75 Å². The predicted molar refractivity (Wildman–Crippen MR) is 51.7 cm³/mol. The van der Waals surface area contributed by atoms with Gasteiger partial charge < -0.3 is 10.1 Å². The molecular formula is C8H15NO4S. The third-order valence-corrected chi connectivity index (χ3v) is 4.49. The second-order valence-corrected chi connectivity index (χ2v) is 6.56. The molecule has 0 aromatic rings. The normalized spacial score (nSPS) is 18.8. The van der Waals surface area contributed by atoms with Crippen molar-refractivity contribution in [2.75, 3.05) is 19.5 Å². The summed E-state index contributed by atoms with van der Waals surface area (Å²) in [6.45, 7) is 3.73. The van der Waals surface area contributed by atoms with E-state index in [1.807, 2.05) is 0 Å². The Labute approximate surface area is 83.7 Å². The molecule has 14 heavy (non-hydrogen) atoms. The summed E-state index contributed by atoms with van der Waals surface area (Å²) < 4.78 is 26.1. The van der Waals surface area contributed by atoms with E-state index in [9.17, 15) is 13.2 Å². The molecule has 1 heterocycles. The van der Waals surface area contributed by atoms with Crippen LogP contribution in [0.3, 0.4) is 0 Å². The summed E-state index contributed by atoms with van der Waals surface area (Å²) >= 11 is 0. The highest BCUT2D eigenvalue weighted by atomic mass is 32.2. The van der Waals surface area contributed by atoms with Crippen LogP contribution in [0.1, 0.15) is 13.8 Å². The average molecular weight is 221 g/mol. The van der Waals surface area contributed by atoms with E-state index in [4.69, 9.17) is 4.74 Å². The standard InChI is InChI=1S/C8H15NO4S/c1-8(2,14(3,11)12)7(10)9-6-4-13-5-6/h6H,4-5H2,1-3H3,(H,9,10). The molecule has 0 unspecified atom stereocenters. The van der Waals surface area contributed by atoms with Gasteiger partial charge in [-0.15, -0.1) is 0 Å². The largest absolute Gasteiger partial charge is 0.377 e. The first-order valence-electron chi connectivity index (χ1n) is 4.33. The Morgan fingerprint density at radius 1 is 1.43 bits per heavy atom. The van der Waals surface area contributed by atoms with Gasteiger partial charge in [0, 0.05) is 6.26 Å². The van der Waals surface area contributed by atoms with Gasteiger partial charge in [-0.1, -0.05) is 0 Å². The van der Waals surface area contributed by atoms with Gasteiger partial charge in [0.15, 0.2) is 9.84 Å². The summed E-state index contributed by atoms with van der Waals surface area (Å²) in [7, 11) is -3.38. The summed E-state index contributed by atoms with van der Waals surface area (Å²) in [6.07, 6.45) is 1.06. The van der Waals surface area contributed by atoms with Gasteiger partial charge in [-0.05, 0) is 13.8 Å². The lowest BCUT2D eigenvalue weighted by Crippen LogP contribution is -2.56. The van der Waals surface area contributed by atoms with Crippen LogP contribution in [0.25, 0.3) is 0 Å². The van der Waals surface area contributed by atoms with Gasteiger partial charge >= 0.3 is 0 Å². The molecule has 82 valence electrons. The highest BCUT2D eigenvalue weighted by Gasteiger charge is 2.39. The molecule has 0 saturated carbocycles. The van der Waals surface area contributed by atoms with Crippen LogP contribution in [0.5, 0.6) is 0 Å². The minimum absolute atomic E-state index is 0.0384. The molecule has 6 heteroatoms. The number of amides is 1. The van der Waals surface area contributed by atoms with Gasteiger partial charge in [-0.25, -0.2) is 8.42 Å². The third-order valence-electron chi connectivity index (χ3n) is 2.45. The number of carbonyl (C=O) groups excluding carboxylic acids is 1. The molecule has 0 spiro atoms. The lowest BCUT2D eigenvalue weighted by atomic mass is 10.1. The lowest BCUT2D eigenvalue weighted by molar-refractivity contribution is -0.127. The number of hydrogen-bond acceptors (Lipinski definition) is 4. The van der Waals surface area contributed by atoms with Crippen molar-refractivity contribution in [3.05, 3.63) is 0 Å². The summed E-state index contributed by atoms with van der Waals surface area (Å²) in [5.41, 5.74) is 0. The zero-order valence-corrected chi connectivity index (χ0v) is 9.35. The van der Waals surface area contributed by atoms with Crippen LogP contribution in [-0.2, 0) is 19.4 Å². The number of hydrogen-bond donors (Lipinski definition) is 1. The van der Waals surface area contributed by atoms with Crippen LogP contribution in [-0.4, -0.2) is 44.6 Å². The maximum atomic E-state index is 11.6. The van der Waals surface area contributed by atoms with Crippen LogP contribution < -0.4 is 5.32 Å². The van der Waals surface area contributed by atoms with E-state index in [2.05, 4.69) is 5.32 Å². The van der Waals surface area contributed by atoms with Gasteiger partial charge in [-0.2, -0.15) is 0 Å². The minimum atomic E-state index is -3.38. The van der Waals surface area contributed by atoms with Crippen molar-refractivity contribution in [2.45, 2.75) is 24.6 Å². The summed E-state index contributed by atoms with van der Waals surface area (Å²) in [5, 5.41) is 2.62. The van der Waals surface area contributed by atoms with Crippen LogP contribution in [0.2, 0.25) is 0 Å². The van der Waals surface area contributed by atoms with E-state index in [-0.39, 0.29) is 6.04 Å². The quantitative estimate of drug-likeness (QED) is 0.685. The molecular weight excluding hydrogens is 206 g/mol. The molecule has 1 amide bonds. The molecule has 1 aliphatic rings. The van der Waals surface area contributed by atoms with Crippen molar-refractivity contribution < 1.29 is 17.9 Å². The first-order chi connectivity index (χ1) is 6.25. The molecule has 0 radical (unpaired) electrons. The Balaban J connectivity index is 2.67. The van der Waals surface area contributed by atoms with E-state index in [0.717, 1.165) is 6.26 Å². The SMILES string of the molecule is CC(C)(C(=O)NC1COC1)S(C)(=O)=O. The van der Waals surface area contributed by atoms with Crippen molar-refractivity contribution in [3.8, 4) is 0 Å². The lowest BCUT2D eigenvalue weighted by Gasteiger charge is -2.30. The van der Waals surface area contributed by atoms with Gasteiger partial charge in [0.25, 0.3) is 0 Å². The monoisotopic (exact) mass is 221 g/mol. The molecule has 5 nitrogen and oxygen atoms in total. The van der Waals surface area contributed by atoms with Gasteiger partial charge in [0.05, 0.1) is 19.3 Å². The molecule has 0 aliphatic carbocycles. The summed E-state index contributed by atoms with van der Waals surface area (Å²) in [5.74, 6) is -0.465. The summed E-state index contributed by atoms with van der Waals surface area (Å²) in [4.78, 5) is 11.6. The van der Waals surface area contributed by atoms with E-state index < -0.39 is 20.5 Å². The van der Waals surface area contributed by atoms with E-state index in [0.29, 0.717) is 13.2 Å². The first kappa shape index (κ1) is 11.5. The van der Waals surface area contributed by atoms with Crippen molar-refractivity contribution >= 4 is 15.7 Å². The van der Waals surface area contributed by atoms with Crippen LogP contribution >= 0.6 is 0 Å². The Morgan fingerprint density at radius 2 is 1.93 bits per heavy atom. The number of carbonyl (C=O) groups is 1. The fourth-order valence-electron chi connectivity index (χ4n) is 0.847. The average Bonchev–Trinajstić information content (AvgIpc) is 1.93. The highest BCUT2D eigenvalue weighted by molar-refractivity contribution is 7.92. The number of ether oxygens (including phenoxy) is 1. The highest BCUT2D eigenvalue weighted by Crippen LogP contribution is 2.16. The third kappa shape index (κ3) is 2.06. The minimum Gasteiger partial charge on any atom is -0.377 e. The summed E-state index contributed by atoms with van der Waals surface area (Å²) in [6, 6.07) is -0.0384. The molecule has 1 aliphatic heterocycles. The fraction of sp³-hybridized carbons (Fsp3) is 0.875. The van der Waals surface area contributed by atoms with Crippen LogP contribution in [0.4, 0.5) is 0 Å². The number of rotatable bonds is 3. The first-order valence-corrected chi connectivity index (χ1v) is 6.22. The predicted octanol–water partition coefficient (Wildman–Crippen LogP) is -0.675. The Kier molecular flexibility index (Phi) is 2.87. The molecule has 1 fully saturated rings. The number of sulfone groups is 1. The van der Waals surface area contributed by atoms with E-state index in [1.54, 1.807) is 0 Å². The van der Waals surface area contributed by atoms with Crippen molar-refractivity contribution in [1.82, 2.24) is 5.32 Å². The maximum absolute atomic E-state index is 11.6. The van der Waals surface area contributed by atoms with Gasteiger partial charge in [0.2, 0.25) is 5.91 Å². The molecule has 0 bridgehead atoms. The zero-order chi connectivity index (χ0) is 11.0. The zero-order valence-electron chi connectivity index (χ0n) is 8.53. The van der Waals surface area contributed by atoms with Crippen molar-refractivity contribution in [2.24, 2.45) is 0 Å². The Hall–Kier alpha value is -0.620. The van der Waals surface area contributed by atoms with Crippen molar-refractivity contribution in [3.63, 3.8) is 0 Å². The van der Waals surface area contributed by atoms with Crippen molar-refractivity contribution in [1.29, 1.82) is 0 Å². The second-order valence-electron chi connectivity index (χ2n) is 3.99.